The molecule has 2 aromatic heterocycles. The van der Waals surface area contributed by atoms with Crippen LogP contribution in [-0.4, -0.2) is 34.6 Å². The quantitative estimate of drug-likeness (QED) is 0.615. The van der Waals surface area contributed by atoms with Gasteiger partial charge in [0.1, 0.15) is 0 Å². The molecular formula is C11H15ClN4O2S. The van der Waals surface area contributed by atoms with Crippen molar-refractivity contribution in [2.75, 3.05) is 11.6 Å². The minimum absolute atomic E-state index is 0.0798. The van der Waals surface area contributed by atoms with Gasteiger partial charge in [-0.2, -0.15) is 0 Å². The number of aromatic nitrogens is 3. The number of unbranched alkanes of at least 4 members (excludes halogenated alkanes) is 1. The molecule has 2 rings (SSSR count). The summed E-state index contributed by atoms with van der Waals surface area (Å²) in [5, 5.41) is 7.92. The molecule has 0 saturated carbocycles. The molecule has 0 saturated heterocycles. The first-order chi connectivity index (χ1) is 9.12. The van der Waals surface area contributed by atoms with Crippen molar-refractivity contribution in [1.29, 1.82) is 0 Å². The van der Waals surface area contributed by atoms with E-state index in [2.05, 4.69) is 14.9 Å². The fourth-order valence-electron chi connectivity index (χ4n) is 1.64. The SMILES string of the molecule is O=S(=O)(CCCCCl)NCc1nnc2ccccn12. The number of rotatable bonds is 7. The van der Waals surface area contributed by atoms with Crippen LogP contribution in [0.1, 0.15) is 18.7 Å². The van der Waals surface area contributed by atoms with Crippen LogP contribution in [0.4, 0.5) is 0 Å². The molecule has 0 aromatic carbocycles. The van der Waals surface area contributed by atoms with Crippen molar-refractivity contribution in [1.82, 2.24) is 19.3 Å². The number of alkyl halides is 1. The van der Waals surface area contributed by atoms with Gasteiger partial charge >= 0.3 is 0 Å². The molecule has 2 heterocycles. The molecule has 0 atom stereocenters. The smallest absolute Gasteiger partial charge is 0.212 e. The number of fused-ring (bicyclic) bond motifs is 1. The van der Waals surface area contributed by atoms with Crippen LogP contribution >= 0.6 is 11.6 Å². The van der Waals surface area contributed by atoms with E-state index in [9.17, 15) is 8.42 Å². The van der Waals surface area contributed by atoms with Crippen LogP contribution in [0, 0.1) is 0 Å². The molecule has 0 radical (unpaired) electrons. The molecule has 19 heavy (non-hydrogen) atoms. The Morgan fingerprint density at radius 2 is 2.11 bits per heavy atom. The van der Waals surface area contributed by atoms with Crippen LogP contribution in [0.15, 0.2) is 24.4 Å². The third-order valence-electron chi connectivity index (χ3n) is 2.63. The summed E-state index contributed by atoms with van der Waals surface area (Å²) in [6.07, 6.45) is 3.04. The van der Waals surface area contributed by atoms with Crippen molar-refractivity contribution in [3.63, 3.8) is 0 Å². The maximum atomic E-state index is 11.7. The highest BCUT2D eigenvalue weighted by Gasteiger charge is 2.12. The normalized spacial score (nSPS) is 12.1. The second-order valence-electron chi connectivity index (χ2n) is 4.08. The Labute approximate surface area is 116 Å². The Morgan fingerprint density at radius 1 is 1.26 bits per heavy atom. The standard InChI is InChI=1S/C11H15ClN4O2S/c12-6-2-4-8-19(17,18)13-9-11-15-14-10-5-1-3-7-16(10)11/h1,3,5,7,13H,2,4,6,8-9H2. The zero-order chi connectivity index (χ0) is 13.7. The number of sulfonamides is 1. The topological polar surface area (TPSA) is 76.4 Å². The Morgan fingerprint density at radius 3 is 2.89 bits per heavy atom. The number of nitrogens with one attached hydrogen (secondary N) is 1. The van der Waals surface area contributed by atoms with E-state index in [1.54, 1.807) is 10.6 Å². The van der Waals surface area contributed by atoms with Crippen molar-refractivity contribution in [3.05, 3.63) is 30.2 Å². The third kappa shape index (κ3) is 3.89. The van der Waals surface area contributed by atoms with Gasteiger partial charge in [0.15, 0.2) is 11.5 Å². The van der Waals surface area contributed by atoms with Gasteiger partial charge in [0.05, 0.1) is 12.3 Å². The molecule has 0 aliphatic carbocycles. The number of hydrogen-bond acceptors (Lipinski definition) is 4. The van der Waals surface area contributed by atoms with Gasteiger partial charge in [0.25, 0.3) is 0 Å². The van der Waals surface area contributed by atoms with E-state index in [4.69, 9.17) is 11.6 Å². The first-order valence-electron chi connectivity index (χ1n) is 5.94. The monoisotopic (exact) mass is 302 g/mol. The molecule has 0 aliphatic rings. The Hall–Kier alpha value is -1.18. The Balaban J connectivity index is 1.98. The molecule has 0 amide bonds. The highest BCUT2D eigenvalue weighted by Crippen LogP contribution is 2.03. The number of pyridine rings is 1. The van der Waals surface area contributed by atoms with E-state index in [0.717, 1.165) is 0 Å². The lowest BCUT2D eigenvalue weighted by atomic mass is 10.4. The summed E-state index contributed by atoms with van der Waals surface area (Å²) < 4.78 is 27.7. The predicted octanol–water partition coefficient (Wildman–Crippen LogP) is 1.17. The average Bonchev–Trinajstić information content (AvgIpc) is 2.80. The summed E-state index contributed by atoms with van der Waals surface area (Å²) in [6.45, 7) is 0.133. The summed E-state index contributed by atoms with van der Waals surface area (Å²) in [6, 6.07) is 5.50. The van der Waals surface area contributed by atoms with Crippen molar-refractivity contribution in [2.45, 2.75) is 19.4 Å². The second-order valence-corrected chi connectivity index (χ2v) is 6.39. The molecule has 1 N–H and O–H groups in total. The first-order valence-corrected chi connectivity index (χ1v) is 8.13. The fourth-order valence-corrected chi connectivity index (χ4v) is 2.91. The highest BCUT2D eigenvalue weighted by atomic mass is 35.5. The van der Waals surface area contributed by atoms with Crippen LogP contribution in [0.5, 0.6) is 0 Å². The van der Waals surface area contributed by atoms with Crippen LogP contribution in [0.2, 0.25) is 0 Å². The van der Waals surface area contributed by atoms with E-state index in [1.807, 2.05) is 18.2 Å². The van der Waals surface area contributed by atoms with Crippen LogP contribution in [-0.2, 0) is 16.6 Å². The molecule has 0 fully saturated rings. The van der Waals surface area contributed by atoms with Gasteiger partial charge in [-0.05, 0) is 25.0 Å². The zero-order valence-electron chi connectivity index (χ0n) is 10.3. The molecule has 8 heteroatoms. The first kappa shape index (κ1) is 14.2. The number of nitrogens with zero attached hydrogens (tertiary/aromatic N) is 3. The van der Waals surface area contributed by atoms with Gasteiger partial charge in [-0.15, -0.1) is 21.8 Å². The second kappa shape index (κ2) is 6.31. The summed E-state index contributed by atoms with van der Waals surface area (Å²) in [5.74, 6) is 1.12. The van der Waals surface area contributed by atoms with Gasteiger partial charge in [-0.1, -0.05) is 6.07 Å². The number of hydrogen-bond donors (Lipinski definition) is 1. The lowest BCUT2D eigenvalue weighted by Crippen LogP contribution is -2.26. The van der Waals surface area contributed by atoms with Gasteiger partial charge in [0, 0.05) is 12.1 Å². The lowest BCUT2D eigenvalue weighted by Gasteiger charge is -2.05. The van der Waals surface area contributed by atoms with Gasteiger partial charge in [-0.3, -0.25) is 4.40 Å². The molecule has 0 aliphatic heterocycles. The molecule has 104 valence electrons. The maximum Gasteiger partial charge on any atom is 0.212 e. The van der Waals surface area contributed by atoms with Crippen LogP contribution in [0.3, 0.4) is 0 Å². The Bertz CT molecular complexity index is 641. The fraction of sp³-hybridized carbons (Fsp3) is 0.455. The van der Waals surface area contributed by atoms with Crippen LogP contribution in [0.25, 0.3) is 5.65 Å². The molecule has 6 nitrogen and oxygen atoms in total. The third-order valence-corrected chi connectivity index (χ3v) is 4.31. The van der Waals surface area contributed by atoms with E-state index in [0.29, 0.717) is 30.2 Å². The summed E-state index contributed by atoms with van der Waals surface area (Å²) in [4.78, 5) is 0. The predicted molar refractivity (Wildman–Crippen MR) is 73.6 cm³/mol. The van der Waals surface area contributed by atoms with E-state index >= 15 is 0 Å². The molecule has 0 spiro atoms. The lowest BCUT2D eigenvalue weighted by molar-refractivity contribution is 0.575. The van der Waals surface area contributed by atoms with Gasteiger partial charge < -0.3 is 0 Å². The zero-order valence-corrected chi connectivity index (χ0v) is 11.9. The molecular weight excluding hydrogens is 288 g/mol. The average molecular weight is 303 g/mol. The van der Waals surface area contributed by atoms with E-state index < -0.39 is 10.0 Å². The van der Waals surface area contributed by atoms with Gasteiger partial charge in [0.2, 0.25) is 10.0 Å². The van der Waals surface area contributed by atoms with Crippen molar-refractivity contribution in [2.24, 2.45) is 0 Å². The molecule has 0 bridgehead atoms. The van der Waals surface area contributed by atoms with Crippen molar-refractivity contribution >= 4 is 27.3 Å². The maximum absolute atomic E-state index is 11.7. The number of halogens is 1. The van der Waals surface area contributed by atoms with Crippen LogP contribution < -0.4 is 4.72 Å². The Kier molecular flexibility index (Phi) is 4.73. The largest absolute Gasteiger partial charge is 0.285 e. The molecule has 2 aromatic rings. The highest BCUT2D eigenvalue weighted by molar-refractivity contribution is 7.89. The molecule has 0 unspecified atom stereocenters. The summed E-state index contributed by atoms with van der Waals surface area (Å²) >= 11 is 5.52. The minimum atomic E-state index is -3.29. The van der Waals surface area contributed by atoms with E-state index in [1.165, 1.54) is 0 Å². The van der Waals surface area contributed by atoms with Gasteiger partial charge in [-0.25, -0.2) is 13.1 Å². The summed E-state index contributed by atoms with van der Waals surface area (Å²) in [5.41, 5.74) is 0.693. The summed E-state index contributed by atoms with van der Waals surface area (Å²) in [7, 11) is -3.29. The van der Waals surface area contributed by atoms with Crippen molar-refractivity contribution < 1.29 is 8.42 Å². The minimum Gasteiger partial charge on any atom is -0.285 e. The van der Waals surface area contributed by atoms with Crippen molar-refractivity contribution in [3.8, 4) is 0 Å². The van der Waals surface area contributed by atoms with E-state index in [-0.39, 0.29) is 12.3 Å².